The van der Waals surface area contributed by atoms with Crippen LogP contribution in [0, 0.1) is 0 Å². The van der Waals surface area contributed by atoms with Gasteiger partial charge in [-0.1, -0.05) is 103 Å². The molecular weight excluding hydrogens is 544 g/mol. The second kappa shape index (κ2) is 16.9. The Balaban J connectivity index is 1.29. The van der Waals surface area contributed by atoms with E-state index in [1.54, 1.807) is 23.6 Å². The van der Waals surface area contributed by atoms with Crippen LogP contribution in [0.1, 0.15) is 29.2 Å². The molecule has 4 aromatic carbocycles. The minimum Gasteiger partial charge on any atom is -0.489 e. The maximum atomic E-state index is 13.3. The largest absolute Gasteiger partial charge is 0.489 e. The Morgan fingerprint density at radius 2 is 1.29 bits per heavy atom. The molecule has 0 spiro atoms. The highest BCUT2D eigenvalue weighted by atomic mass is 32.2. The van der Waals surface area contributed by atoms with Gasteiger partial charge in [0.2, 0.25) is 0 Å². The number of nitrogens with zero attached hydrogens (tertiary/aromatic N) is 1. The van der Waals surface area contributed by atoms with E-state index >= 15 is 0 Å². The van der Waals surface area contributed by atoms with E-state index in [1.807, 2.05) is 103 Å². The number of amides is 2. The summed E-state index contributed by atoms with van der Waals surface area (Å²) < 4.78 is 11.3. The van der Waals surface area contributed by atoms with Crippen LogP contribution in [0.3, 0.4) is 0 Å². The van der Waals surface area contributed by atoms with E-state index in [0.29, 0.717) is 26.1 Å². The molecule has 0 saturated heterocycles. The van der Waals surface area contributed by atoms with Crippen molar-refractivity contribution in [3.63, 3.8) is 0 Å². The SMILES string of the molecule is C[C@H](NC(=O)N(CCSCc1ccccc1)CCc1ccc(OCc2ccccc2)cc1)C(=O)OCc1ccccc1. The summed E-state index contributed by atoms with van der Waals surface area (Å²) in [6.45, 7) is 3.42. The van der Waals surface area contributed by atoms with Crippen molar-refractivity contribution < 1.29 is 19.1 Å². The molecule has 0 unspecified atom stereocenters. The van der Waals surface area contributed by atoms with Gasteiger partial charge in [0.15, 0.2) is 0 Å². The normalized spacial score (nSPS) is 11.4. The number of esters is 1. The van der Waals surface area contributed by atoms with Crippen LogP contribution in [0.2, 0.25) is 0 Å². The number of carbonyl (C=O) groups is 2. The molecule has 4 rings (SSSR count). The molecule has 1 N–H and O–H groups in total. The third kappa shape index (κ3) is 10.6. The number of thioether (sulfide) groups is 1. The fraction of sp³-hybridized carbons (Fsp3) is 0.257. The average molecular weight is 583 g/mol. The van der Waals surface area contributed by atoms with Gasteiger partial charge in [0.05, 0.1) is 0 Å². The van der Waals surface area contributed by atoms with E-state index in [9.17, 15) is 9.59 Å². The standard InChI is InChI=1S/C35H38N2O4S/c1-28(34(38)41-26-31-13-7-3-8-14-31)36-35(39)37(23-24-42-27-32-15-9-4-10-16-32)22-21-29-17-19-33(20-18-29)40-25-30-11-5-2-6-12-30/h2-20,28H,21-27H2,1H3,(H,36,39)/t28-/m0/s1. The number of hydrogen-bond donors (Lipinski definition) is 1. The number of rotatable bonds is 15. The molecule has 0 heterocycles. The summed E-state index contributed by atoms with van der Waals surface area (Å²) in [5.74, 6) is 2.00. The number of ether oxygens (including phenoxy) is 2. The highest BCUT2D eigenvalue weighted by Crippen LogP contribution is 2.16. The molecule has 0 bridgehead atoms. The third-order valence-corrected chi connectivity index (χ3v) is 7.67. The van der Waals surface area contributed by atoms with Crippen molar-refractivity contribution in [2.45, 2.75) is 38.4 Å². The van der Waals surface area contributed by atoms with Gasteiger partial charge < -0.3 is 19.7 Å². The second-order valence-electron chi connectivity index (χ2n) is 9.96. The summed E-state index contributed by atoms with van der Waals surface area (Å²) in [6, 6.07) is 36.8. The Kier molecular flexibility index (Phi) is 12.4. The van der Waals surface area contributed by atoms with Gasteiger partial charge in [-0.2, -0.15) is 11.8 Å². The van der Waals surface area contributed by atoms with Crippen molar-refractivity contribution >= 4 is 23.8 Å². The quantitative estimate of drug-likeness (QED) is 0.122. The van der Waals surface area contributed by atoms with Crippen LogP contribution in [0.4, 0.5) is 4.79 Å². The van der Waals surface area contributed by atoms with E-state index in [1.165, 1.54) is 5.56 Å². The lowest BCUT2D eigenvalue weighted by atomic mass is 10.1. The molecule has 6 nitrogen and oxygen atoms in total. The molecule has 0 aliphatic heterocycles. The van der Waals surface area contributed by atoms with Crippen molar-refractivity contribution in [3.8, 4) is 5.75 Å². The fourth-order valence-corrected chi connectivity index (χ4v) is 5.12. The van der Waals surface area contributed by atoms with Crippen molar-refractivity contribution in [2.75, 3.05) is 18.8 Å². The smallest absolute Gasteiger partial charge is 0.328 e. The summed E-state index contributed by atoms with van der Waals surface area (Å²) in [7, 11) is 0. The van der Waals surface area contributed by atoms with Gasteiger partial charge in [-0.15, -0.1) is 0 Å². The molecular formula is C35H38N2O4S. The van der Waals surface area contributed by atoms with Crippen LogP contribution in [-0.2, 0) is 34.9 Å². The van der Waals surface area contributed by atoms with Gasteiger partial charge in [0.25, 0.3) is 0 Å². The Morgan fingerprint density at radius 3 is 1.90 bits per heavy atom. The highest BCUT2D eigenvalue weighted by Gasteiger charge is 2.21. The fourth-order valence-electron chi connectivity index (χ4n) is 4.20. The van der Waals surface area contributed by atoms with Crippen molar-refractivity contribution in [2.24, 2.45) is 0 Å². The summed E-state index contributed by atoms with van der Waals surface area (Å²) in [6.07, 6.45) is 0.683. The zero-order valence-electron chi connectivity index (χ0n) is 24.0. The lowest BCUT2D eigenvalue weighted by molar-refractivity contribution is -0.146. The van der Waals surface area contributed by atoms with Crippen LogP contribution < -0.4 is 10.1 Å². The maximum absolute atomic E-state index is 13.3. The van der Waals surface area contributed by atoms with Gasteiger partial charge in [-0.3, -0.25) is 0 Å². The molecule has 0 saturated carbocycles. The van der Waals surface area contributed by atoms with Crippen LogP contribution in [0.15, 0.2) is 115 Å². The lowest BCUT2D eigenvalue weighted by Crippen LogP contribution is -2.48. The van der Waals surface area contributed by atoms with Gasteiger partial charge in [0.1, 0.15) is 25.0 Å². The first-order valence-corrected chi connectivity index (χ1v) is 15.4. The minimum atomic E-state index is -0.762. The van der Waals surface area contributed by atoms with Crippen LogP contribution >= 0.6 is 11.8 Å². The topological polar surface area (TPSA) is 67.9 Å². The molecule has 0 aliphatic carbocycles. The lowest BCUT2D eigenvalue weighted by Gasteiger charge is -2.25. The van der Waals surface area contributed by atoms with Crippen LogP contribution in [0.25, 0.3) is 0 Å². The van der Waals surface area contributed by atoms with E-state index < -0.39 is 12.0 Å². The molecule has 0 radical (unpaired) electrons. The summed E-state index contributed by atoms with van der Waals surface area (Å²) in [4.78, 5) is 27.6. The monoisotopic (exact) mass is 582 g/mol. The average Bonchev–Trinajstić information content (AvgIpc) is 3.04. The van der Waals surface area contributed by atoms with Gasteiger partial charge in [0, 0.05) is 24.6 Å². The van der Waals surface area contributed by atoms with Crippen molar-refractivity contribution in [1.82, 2.24) is 10.2 Å². The molecule has 7 heteroatoms. The highest BCUT2D eigenvalue weighted by molar-refractivity contribution is 7.98. The third-order valence-electron chi connectivity index (χ3n) is 6.66. The summed E-state index contributed by atoms with van der Waals surface area (Å²) in [5.41, 5.74) is 4.37. The molecule has 1 atom stereocenters. The zero-order valence-corrected chi connectivity index (χ0v) is 24.8. The van der Waals surface area contributed by atoms with Gasteiger partial charge in [-0.25, -0.2) is 9.59 Å². The number of benzene rings is 4. The number of urea groups is 1. The number of hydrogen-bond acceptors (Lipinski definition) is 5. The van der Waals surface area contributed by atoms with Crippen molar-refractivity contribution in [1.29, 1.82) is 0 Å². The summed E-state index contributed by atoms with van der Waals surface area (Å²) >= 11 is 1.78. The first kappa shape index (κ1) is 30.7. The first-order valence-electron chi connectivity index (χ1n) is 14.2. The van der Waals surface area contributed by atoms with Gasteiger partial charge >= 0.3 is 12.0 Å². The second-order valence-corrected chi connectivity index (χ2v) is 11.1. The van der Waals surface area contributed by atoms with Crippen molar-refractivity contribution in [3.05, 3.63) is 138 Å². The number of carbonyl (C=O) groups excluding carboxylic acids is 2. The van der Waals surface area contributed by atoms with E-state index in [4.69, 9.17) is 9.47 Å². The Hall–Kier alpha value is -4.23. The van der Waals surface area contributed by atoms with E-state index in [-0.39, 0.29) is 12.6 Å². The van der Waals surface area contributed by atoms with Crippen LogP contribution in [-0.4, -0.2) is 41.8 Å². The minimum absolute atomic E-state index is 0.171. The molecule has 0 aromatic heterocycles. The Labute approximate surface area is 253 Å². The zero-order chi connectivity index (χ0) is 29.4. The Morgan fingerprint density at radius 1 is 0.714 bits per heavy atom. The van der Waals surface area contributed by atoms with E-state index in [2.05, 4.69) is 17.4 Å². The predicted molar refractivity (Wildman–Crippen MR) is 169 cm³/mol. The first-order chi connectivity index (χ1) is 20.6. The Bertz CT molecular complexity index is 1350. The van der Waals surface area contributed by atoms with E-state index in [0.717, 1.165) is 33.9 Å². The molecule has 2 amide bonds. The summed E-state index contributed by atoms with van der Waals surface area (Å²) in [5, 5.41) is 2.84. The van der Waals surface area contributed by atoms with Crippen LogP contribution in [0.5, 0.6) is 5.75 Å². The molecule has 0 fully saturated rings. The molecule has 218 valence electrons. The number of nitrogens with one attached hydrogen (secondary N) is 1. The predicted octanol–water partition coefficient (Wildman–Crippen LogP) is 6.89. The van der Waals surface area contributed by atoms with Gasteiger partial charge in [-0.05, 0) is 47.7 Å². The maximum Gasteiger partial charge on any atom is 0.328 e. The molecule has 4 aromatic rings. The molecule has 42 heavy (non-hydrogen) atoms. The molecule has 0 aliphatic rings.